The van der Waals surface area contributed by atoms with E-state index in [2.05, 4.69) is 6.58 Å². The minimum atomic E-state index is 0.609. The Labute approximate surface area is 43.6 Å². The van der Waals surface area contributed by atoms with Crippen molar-refractivity contribution in [1.82, 2.24) is 5.01 Å². The summed E-state index contributed by atoms with van der Waals surface area (Å²) in [6, 6.07) is 0.609. The zero-order chi connectivity index (χ0) is 5.28. The van der Waals surface area contributed by atoms with E-state index in [4.69, 9.17) is 5.84 Å². The molecule has 0 spiro atoms. The summed E-state index contributed by atoms with van der Waals surface area (Å²) >= 11 is 0. The van der Waals surface area contributed by atoms with E-state index in [1.807, 2.05) is 0 Å². The molecule has 40 valence electrons. The summed E-state index contributed by atoms with van der Waals surface area (Å²) in [5.74, 6) is 5.39. The average molecular weight is 98.1 g/mol. The van der Waals surface area contributed by atoms with Crippen molar-refractivity contribution < 1.29 is 0 Å². The third-order valence-corrected chi connectivity index (χ3v) is 1.18. The first kappa shape index (κ1) is 4.65. The maximum absolute atomic E-state index is 5.39. The molecule has 2 heteroatoms. The van der Waals surface area contributed by atoms with Gasteiger partial charge in [0.15, 0.2) is 0 Å². The van der Waals surface area contributed by atoms with Crippen molar-refractivity contribution in [3.05, 3.63) is 12.8 Å². The van der Waals surface area contributed by atoms with Crippen LogP contribution in [-0.4, -0.2) is 11.1 Å². The molecule has 0 atom stereocenters. The topological polar surface area (TPSA) is 29.3 Å². The smallest absolute Gasteiger partial charge is 0.0447 e. The lowest BCUT2D eigenvalue weighted by Gasteiger charge is -2.08. The molecular formula is C5H10N2. The molecule has 0 aromatic rings. The van der Waals surface area contributed by atoms with Crippen LogP contribution < -0.4 is 5.84 Å². The second kappa shape index (κ2) is 1.54. The van der Waals surface area contributed by atoms with Gasteiger partial charge >= 0.3 is 0 Å². The maximum Gasteiger partial charge on any atom is 0.0447 e. The van der Waals surface area contributed by atoms with Gasteiger partial charge in [0.1, 0.15) is 0 Å². The summed E-state index contributed by atoms with van der Waals surface area (Å²) < 4.78 is 0. The van der Waals surface area contributed by atoms with Crippen LogP contribution in [0.25, 0.3) is 0 Å². The van der Waals surface area contributed by atoms with Crippen molar-refractivity contribution in [2.24, 2.45) is 5.84 Å². The van der Waals surface area contributed by atoms with E-state index < -0.39 is 0 Å². The molecule has 0 unspecified atom stereocenters. The summed E-state index contributed by atoms with van der Waals surface area (Å²) in [7, 11) is 0. The second-order valence-corrected chi connectivity index (χ2v) is 1.86. The number of nitrogens with zero attached hydrogens (tertiary/aromatic N) is 1. The number of hydrazine groups is 1. The third kappa shape index (κ3) is 0.933. The van der Waals surface area contributed by atoms with E-state index in [1.54, 1.807) is 11.2 Å². The van der Waals surface area contributed by atoms with Crippen LogP contribution in [0.5, 0.6) is 0 Å². The lowest BCUT2D eigenvalue weighted by Crippen LogP contribution is -2.26. The molecule has 0 heterocycles. The normalized spacial score (nSPS) is 19.0. The van der Waals surface area contributed by atoms with Gasteiger partial charge in [-0.2, -0.15) is 0 Å². The molecule has 0 aliphatic heterocycles. The zero-order valence-corrected chi connectivity index (χ0v) is 4.30. The molecule has 1 fully saturated rings. The molecule has 0 saturated heterocycles. The summed E-state index contributed by atoms with van der Waals surface area (Å²) in [6.07, 6.45) is 4.14. The van der Waals surface area contributed by atoms with Crippen LogP contribution in [0.15, 0.2) is 12.8 Å². The molecule has 7 heavy (non-hydrogen) atoms. The highest BCUT2D eigenvalue weighted by Crippen LogP contribution is 2.23. The Bertz CT molecular complexity index is 76.1. The minimum absolute atomic E-state index is 0.609. The van der Waals surface area contributed by atoms with Crippen LogP contribution in [0.4, 0.5) is 0 Å². The van der Waals surface area contributed by atoms with E-state index >= 15 is 0 Å². The van der Waals surface area contributed by atoms with Crippen LogP contribution in [0.2, 0.25) is 0 Å². The standard InChI is InChI=1S/C5H10N2/c1-2-7(6)5-3-4-5/h2,5H,1,3-4,6H2. The number of hydrogen-bond donors (Lipinski definition) is 1. The van der Waals surface area contributed by atoms with Gasteiger partial charge in [0, 0.05) is 12.2 Å². The Kier molecular flexibility index (Phi) is 1.02. The van der Waals surface area contributed by atoms with E-state index in [0.29, 0.717) is 6.04 Å². The van der Waals surface area contributed by atoms with Crippen LogP contribution in [0.3, 0.4) is 0 Å². The SMILES string of the molecule is C=CN(N)C1CC1. The van der Waals surface area contributed by atoms with Gasteiger partial charge in [-0.15, -0.1) is 0 Å². The summed E-state index contributed by atoms with van der Waals surface area (Å²) in [5, 5.41) is 1.67. The van der Waals surface area contributed by atoms with Crippen molar-refractivity contribution in [2.75, 3.05) is 0 Å². The summed E-state index contributed by atoms with van der Waals surface area (Å²) in [5.41, 5.74) is 0. The van der Waals surface area contributed by atoms with Gasteiger partial charge < -0.3 is 5.01 Å². The zero-order valence-electron chi connectivity index (χ0n) is 4.30. The average Bonchev–Trinajstić information content (AvgIpc) is 2.44. The van der Waals surface area contributed by atoms with Crippen molar-refractivity contribution >= 4 is 0 Å². The fourth-order valence-corrected chi connectivity index (χ4v) is 0.522. The van der Waals surface area contributed by atoms with Gasteiger partial charge in [0.25, 0.3) is 0 Å². The van der Waals surface area contributed by atoms with Crippen LogP contribution in [-0.2, 0) is 0 Å². The Morgan fingerprint density at radius 3 is 2.43 bits per heavy atom. The van der Waals surface area contributed by atoms with Crippen molar-refractivity contribution in [1.29, 1.82) is 0 Å². The molecule has 2 N–H and O–H groups in total. The molecule has 1 aliphatic rings. The van der Waals surface area contributed by atoms with Gasteiger partial charge in [-0.3, -0.25) is 0 Å². The first-order valence-electron chi connectivity index (χ1n) is 2.50. The first-order valence-corrected chi connectivity index (χ1v) is 2.50. The molecule has 1 rings (SSSR count). The minimum Gasteiger partial charge on any atom is -0.316 e. The molecular weight excluding hydrogens is 88.1 g/mol. The predicted octanol–water partition coefficient (Wildman–Crippen LogP) is 0.468. The molecule has 0 aromatic carbocycles. The largest absolute Gasteiger partial charge is 0.316 e. The van der Waals surface area contributed by atoms with Gasteiger partial charge in [-0.05, 0) is 12.8 Å². The van der Waals surface area contributed by atoms with E-state index in [0.717, 1.165) is 0 Å². The molecule has 2 nitrogen and oxygen atoms in total. The predicted molar refractivity (Wildman–Crippen MR) is 29.2 cm³/mol. The van der Waals surface area contributed by atoms with Crippen LogP contribution in [0.1, 0.15) is 12.8 Å². The van der Waals surface area contributed by atoms with Crippen molar-refractivity contribution in [3.63, 3.8) is 0 Å². The third-order valence-electron chi connectivity index (χ3n) is 1.18. The molecule has 0 radical (unpaired) electrons. The fraction of sp³-hybridized carbons (Fsp3) is 0.600. The first-order chi connectivity index (χ1) is 3.34. The van der Waals surface area contributed by atoms with Gasteiger partial charge in [-0.1, -0.05) is 6.58 Å². The van der Waals surface area contributed by atoms with E-state index in [9.17, 15) is 0 Å². The molecule has 1 saturated carbocycles. The van der Waals surface area contributed by atoms with Gasteiger partial charge in [0.05, 0.1) is 0 Å². The van der Waals surface area contributed by atoms with Gasteiger partial charge in [-0.25, -0.2) is 5.84 Å². The maximum atomic E-state index is 5.39. The lowest BCUT2D eigenvalue weighted by atomic mass is 10.7. The highest BCUT2D eigenvalue weighted by molar-refractivity contribution is 4.85. The highest BCUT2D eigenvalue weighted by atomic mass is 15.4. The monoisotopic (exact) mass is 98.1 g/mol. The number of hydrogen-bond acceptors (Lipinski definition) is 2. The Hall–Kier alpha value is -0.500. The van der Waals surface area contributed by atoms with Crippen molar-refractivity contribution in [3.8, 4) is 0 Å². The van der Waals surface area contributed by atoms with Crippen molar-refractivity contribution in [2.45, 2.75) is 18.9 Å². The Morgan fingerprint density at radius 1 is 1.71 bits per heavy atom. The number of rotatable bonds is 2. The summed E-state index contributed by atoms with van der Waals surface area (Å²) in [4.78, 5) is 0. The van der Waals surface area contributed by atoms with E-state index in [-0.39, 0.29) is 0 Å². The molecule has 0 aromatic heterocycles. The van der Waals surface area contributed by atoms with Crippen LogP contribution in [0, 0.1) is 0 Å². The second-order valence-electron chi connectivity index (χ2n) is 1.86. The Morgan fingerprint density at radius 2 is 2.29 bits per heavy atom. The lowest BCUT2D eigenvalue weighted by molar-refractivity contribution is 0.385. The highest BCUT2D eigenvalue weighted by Gasteiger charge is 2.24. The van der Waals surface area contributed by atoms with Gasteiger partial charge in [0.2, 0.25) is 0 Å². The molecule has 1 aliphatic carbocycles. The van der Waals surface area contributed by atoms with Crippen LogP contribution >= 0.6 is 0 Å². The summed E-state index contributed by atoms with van der Waals surface area (Å²) in [6.45, 7) is 3.52. The molecule has 0 bridgehead atoms. The number of nitrogens with two attached hydrogens (primary N) is 1. The Balaban J connectivity index is 2.22. The van der Waals surface area contributed by atoms with E-state index in [1.165, 1.54) is 12.8 Å². The molecule has 0 amide bonds. The fourth-order valence-electron chi connectivity index (χ4n) is 0.522. The quantitative estimate of drug-likeness (QED) is 0.402.